The van der Waals surface area contributed by atoms with Crippen LogP contribution in [0.15, 0.2) is 48.6 Å². The van der Waals surface area contributed by atoms with E-state index in [0.717, 1.165) is 35.6 Å². The molecule has 2 aromatic carbocycles. The second-order valence-electron chi connectivity index (χ2n) is 7.00. The van der Waals surface area contributed by atoms with E-state index in [1.165, 1.54) is 0 Å². The fraction of sp³-hybridized carbons (Fsp3) is 0.364. The molecule has 0 N–H and O–H groups in total. The summed E-state index contributed by atoms with van der Waals surface area (Å²) >= 11 is 0. The maximum absolute atomic E-state index is 12.7. The number of ketones is 1. The van der Waals surface area contributed by atoms with Gasteiger partial charge in [0, 0.05) is 11.8 Å². The summed E-state index contributed by atoms with van der Waals surface area (Å²) in [6, 6.07) is 11.9. The highest BCUT2D eigenvalue weighted by molar-refractivity contribution is 6.01. The van der Waals surface area contributed by atoms with Crippen molar-refractivity contribution in [1.29, 1.82) is 0 Å². The monoisotopic (exact) mass is 334 g/mol. The van der Waals surface area contributed by atoms with Crippen LogP contribution in [0.25, 0.3) is 10.8 Å². The van der Waals surface area contributed by atoms with Gasteiger partial charge in [-0.2, -0.15) is 0 Å². The summed E-state index contributed by atoms with van der Waals surface area (Å²) in [5.74, 6) is 0.00916. The quantitative estimate of drug-likeness (QED) is 0.454. The van der Waals surface area contributed by atoms with Gasteiger partial charge in [0.15, 0.2) is 0 Å². The predicted octanol–water partition coefficient (Wildman–Crippen LogP) is 4.66. The van der Waals surface area contributed by atoms with Crippen molar-refractivity contribution < 1.29 is 14.3 Å². The van der Waals surface area contributed by atoms with Gasteiger partial charge in [-0.25, -0.2) is 4.79 Å². The van der Waals surface area contributed by atoms with Gasteiger partial charge in [-0.15, -0.1) is 0 Å². The minimum absolute atomic E-state index is 0.0120. The summed E-state index contributed by atoms with van der Waals surface area (Å²) in [7, 11) is 0. The number of hydrogen-bond donors (Lipinski definition) is 0. The Labute approximate surface area is 147 Å². The smallest absolute Gasteiger partial charge is 0.338 e. The van der Waals surface area contributed by atoms with E-state index in [9.17, 15) is 9.59 Å². The molecule has 3 nitrogen and oxygen atoms in total. The zero-order valence-corrected chi connectivity index (χ0v) is 14.4. The molecular formula is C22H22O3. The lowest BCUT2D eigenvalue weighted by atomic mass is 9.81. The molecule has 1 fully saturated rings. The Balaban J connectivity index is 1.79. The van der Waals surface area contributed by atoms with Gasteiger partial charge in [0.05, 0.1) is 12.2 Å². The van der Waals surface area contributed by atoms with Crippen molar-refractivity contribution in [3.05, 3.63) is 59.7 Å². The number of unbranched alkanes of at least 4 members (excludes halogenated alkanes) is 1. The Morgan fingerprint density at radius 3 is 2.72 bits per heavy atom. The van der Waals surface area contributed by atoms with Gasteiger partial charge >= 0.3 is 5.97 Å². The highest BCUT2D eigenvalue weighted by Gasteiger charge is 2.45. The van der Waals surface area contributed by atoms with Crippen LogP contribution >= 0.6 is 0 Å². The molecule has 0 amide bonds. The average molecular weight is 334 g/mol. The second kappa shape index (κ2) is 6.47. The first-order valence-electron chi connectivity index (χ1n) is 9.11. The van der Waals surface area contributed by atoms with Crippen molar-refractivity contribution in [1.82, 2.24) is 0 Å². The lowest BCUT2D eigenvalue weighted by Gasteiger charge is -2.22. The molecule has 2 aliphatic rings. The molecular weight excluding hydrogens is 312 g/mol. The third-order valence-electron chi connectivity index (χ3n) is 5.48. The first-order valence-corrected chi connectivity index (χ1v) is 9.11. The molecule has 0 aliphatic heterocycles. The van der Waals surface area contributed by atoms with Crippen LogP contribution in [0.4, 0.5) is 0 Å². The topological polar surface area (TPSA) is 43.4 Å². The molecule has 3 heteroatoms. The van der Waals surface area contributed by atoms with Gasteiger partial charge < -0.3 is 4.74 Å². The molecule has 0 spiro atoms. The van der Waals surface area contributed by atoms with Gasteiger partial charge in [0.1, 0.15) is 5.78 Å². The number of rotatable bonds is 5. The molecule has 0 saturated heterocycles. The van der Waals surface area contributed by atoms with E-state index in [2.05, 4.69) is 13.0 Å². The number of carbonyl (C=O) groups is 2. The summed E-state index contributed by atoms with van der Waals surface area (Å²) in [4.78, 5) is 25.1. The van der Waals surface area contributed by atoms with Gasteiger partial charge in [0.2, 0.25) is 0 Å². The van der Waals surface area contributed by atoms with E-state index in [0.29, 0.717) is 18.0 Å². The summed E-state index contributed by atoms with van der Waals surface area (Å²) < 4.78 is 5.48. The Morgan fingerprint density at radius 1 is 1.16 bits per heavy atom. The number of hydrogen-bond acceptors (Lipinski definition) is 3. The zero-order valence-electron chi connectivity index (χ0n) is 14.4. The van der Waals surface area contributed by atoms with Crippen LogP contribution in [0.5, 0.6) is 0 Å². The van der Waals surface area contributed by atoms with Crippen molar-refractivity contribution in [3.63, 3.8) is 0 Å². The van der Waals surface area contributed by atoms with Crippen LogP contribution < -0.4 is 0 Å². The van der Waals surface area contributed by atoms with Gasteiger partial charge in [-0.3, -0.25) is 4.79 Å². The van der Waals surface area contributed by atoms with E-state index < -0.39 is 0 Å². The molecule has 128 valence electrons. The summed E-state index contributed by atoms with van der Waals surface area (Å²) in [6.07, 6.45) is 6.69. The van der Waals surface area contributed by atoms with Gasteiger partial charge in [-0.1, -0.05) is 55.8 Å². The molecule has 1 saturated carbocycles. The van der Waals surface area contributed by atoms with Crippen LogP contribution in [0.3, 0.4) is 0 Å². The minimum Gasteiger partial charge on any atom is -0.462 e. The third kappa shape index (κ3) is 2.68. The first-order chi connectivity index (χ1) is 12.2. The molecule has 3 unspecified atom stereocenters. The second-order valence-corrected chi connectivity index (χ2v) is 7.00. The SMILES string of the molecule is CCCCOC(=O)c1ccc2ccccc2c1C1CC2C=CC1C2=O. The van der Waals surface area contributed by atoms with Crippen LogP contribution in [0, 0.1) is 11.8 Å². The largest absolute Gasteiger partial charge is 0.462 e. The fourth-order valence-corrected chi connectivity index (χ4v) is 4.20. The highest BCUT2D eigenvalue weighted by atomic mass is 16.5. The highest BCUT2D eigenvalue weighted by Crippen LogP contribution is 2.49. The molecule has 2 bridgehead atoms. The molecule has 3 atom stereocenters. The molecule has 4 rings (SSSR count). The van der Waals surface area contributed by atoms with Crippen LogP contribution in [-0.2, 0) is 9.53 Å². The Bertz CT molecular complexity index is 865. The summed E-state index contributed by atoms with van der Waals surface area (Å²) in [5, 5.41) is 2.16. The maximum atomic E-state index is 12.7. The number of fused-ring (bicyclic) bond motifs is 3. The van der Waals surface area contributed by atoms with E-state index in [1.54, 1.807) is 0 Å². The number of carbonyl (C=O) groups excluding carboxylic acids is 2. The van der Waals surface area contributed by atoms with Crippen LogP contribution in [0.2, 0.25) is 0 Å². The Morgan fingerprint density at radius 2 is 2.00 bits per heavy atom. The molecule has 0 heterocycles. The third-order valence-corrected chi connectivity index (χ3v) is 5.48. The summed E-state index contributed by atoms with van der Waals surface area (Å²) in [6.45, 7) is 2.51. The number of benzene rings is 2. The number of ether oxygens (including phenoxy) is 1. The first kappa shape index (κ1) is 16.1. The van der Waals surface area contributed by atoms with Crippen LogP contribution in [0.1, 0.15) is 48.0 Å². The zero-order chi connectivity index (χ0) is 17.4. The predicted molar refractivity (Wildman–Crippen MR) is 97.6 cm³/mol. The van der Waals surface area contributed by atoms with Crippen molar-refractivity contribution in [2.75, 3.05) is 6.61 Å². The van der Waals surface area contributed by atoms with Crippen molar-refractivity contribution in [3.8, 4) is 0 Å². The van der Waals surface area contributed by atoms with Crippen LogP contribution in [-0.4, -0.2) is 18.4 Å². The lowest BCUT2D eigenvalue weighted by Crippen LogP contribution is -2.16. The van der Waals surface area contributed by atoms with Crippen molar-refractivity contribution in [2.24, 2.45) is 11.8 Å². The van der Waals surface area contributed by atoms with E-state index in [4.69, 9.17) is 4.74 Å². The Hall–Kier alpha value is -2.42. The van der Waals surface area contributed by atoms with E-state index in [1.807, 2.05) is 42.5 Å². The minimum atomic E-state index is -0.270. The summed E-state index contributed by atoms with van der Waals surface area (Å²) in [5.41, 5.74) is 1.61. The molecule has 25 heavy (non-hydrogen) atoms. The van der Waals surface area contributed by atoms with Crippen molar-refractivity contribution in [2.45, 2.75) is 32.1 Å². The van der Waals surface area contributed by atoms with Crippen molar-refractivity contribution >= 4 is 22.5 Å². The normalized spacial score (nSPS) is 24.2. The molecule has 0 aromatic heterocycles. The maximum Gasteiger partial charge on any atom is 0.338 e. The number of Topliss-reactive ketones (excluding diaryl/α,β-unsaturated/α-hetero) is 1. The van der Waals surface area contributed by atoms with E-state index >= 15 is 0 Å². The molecule has 2 aliphatic carbocycles. The number of esters is 1. The Kier molecular flexibility index (Phi) is 4.16. The van der Waals surface area contributed by atoms with Gasteiger partial charge in [0.25, 0.3) is 0 Å². The fourth-order valence-electron chi connectivity index (χ4n) is 4.20. The molecule has 0 radical (unpaired) electrons. The number of allylic oxidation sites excluding steroid dienone is 2. The molecule has 2 aromatic rings. The van der Waals surface area contributed by atoms with E-state index in [-0.39, 0.29) is 23.7 Å². The van der Waals surface area contributed by atoms with Gasteiger partial charge in [-0.05, 0) is 41.2 Å². The average Bonchev–Trinajstić information content (AvgIpc) is 3.15. The standard InChI is InChI=1S/C22H22O3/c1-2-3-12-25-22(24)18-11-8-14-6-4-5-7-16(14)20(18)19-13-15-9-10-17(19)21(15)23/h4-11,15,17,19H,2-3,12-13H2,1H3. The lowest BCUT2D eigenvalue weighted by molar-refractivity contribution is -0.120.